The number of carbonyl (C=O) groups is 2. The number of hydrogen-bond acceptors (Lipinski definition) is 6. The Balaban J connectivity index is 0.00000280. The van der Waals surface area contributed by atoms with E-state index < -0.39 is 11.8 Å². The van der Waals surface area contributed by atoms with E-state index in [9.17, 15) is 9.59 Å². The van der Waals surface area contributed by atoms with Crippen LogP contribution in [0.1, 0.15) is 42.8 Å². The number of likely N-dealkylation sites (tertiary alicyclic amines) is 1. The number of rotatable bonds is 5. The summed E-state index contributed by atoms with van der Waals surface area (Å²) in [5, 5.41) is 1.14. The molecule has 0 unspecified atom stereocenters. The van der Waals surface area contributed by atoms with Crippen molar-refractivity contribution < 1.29 is 9.59 Å². The maximum atomic E-state index is 12.3. The van der Waals surface area contributed by atoms with Crippen molar-refractivity contribution in [2.75, 3.05) is 27.2 Å². The number of aryl methyl sites for hydroxylation is 1. The van der Waals surface area contributed by atoms with E-state index in [1.54, 1.807) is 16.2 Å². The second-order valence-corrected chi connectivity index (χ2v) is 8.88. The minimum absolute atomic E-state index is 0. The smallest absolute Gasteiger partial charge is 0.312 e. The predicted octanol–water partition coefficient (Wildman–Crippen LogP) is 2.74. The molecule has 2 heterocycles. The van der Waals surface area contributed by atoms with Gasteiger partial charge in [-0.25, -0.2) is 4.98 Å². The van der Waals surface area contributed by atoms with Gasteiger partial charge in [0.2, 0.25) is 0 Å². The lowest BCUT2D eigenvalue weighted by molar-refractivity contribution is -0.147. The fourth-order valence-electron chi connectivity index (χ4n) is 3.72. The maximum absolute atomic E-state index is 12.3. The largest absolute Gasteiger partial charge is 0.361 e. The summed E-state index contributed by atoms with van der Waals surface area (Å²) in [6.45, 7) is 3.71. The van der Waals surface area contributed by atoms with E-state index in [1.807, 2.05) is 0 Å². The number of fused-ring (bicyclic) bond motifs is 1. The summed E-state index contributed by atoms with van der Waals surface area (Å²) in [7, 11) is 4.16. The van der Waals surface area contributed by atoms with Crippen LogP contribution in [-0.2, 0) is 16.0 Å². The monoisotopic (exact) mass is 405 g/mol. The van der Waals surface area contributed by atoms with Gasteiger partial charge in [-0.15, -0.1) is 11.3 Å². The standard InChI is InChI=1S/C20H28N4O2S.H3N/c1-13-6-8-16(24(12-13)20(26)19(21)25)14-7-9-17-15(11-14)22-18(27-17)5-4-10-23(2)3;/h7,9,11,13,16H,4-6,8,10,12H2,1-3H3,(H2,21,25);1H3/t13-,16+;/m0./s1. The average molecular weight is 406 g/mol. The van der Waals surface area contributed by atoms with Crippen LogP contribution in [0.5, 0.6) is 0 Å². The Morgan fingerprint density at radius 2 is 2.07 bits per heavy atom. The molecule has 2 aromatic rings. The molecule has 3 rings (SSSR count). The van der Waals surface area contributed by atoms with Crippen LogP contribution >= 0.6 is 11.3 Å². The third kappa shape index (κ3) is 5.06. The van der Waals surface area contributed by atoms with Crippen molar-refractivity contribution in [2.24, 2.45) is 11.7 Å². The molecule has 1 fully saturated rings. The molecule has 0 aliphatic carbocycles. The van der Waals surface area contributed by atoms with Crippen molar-refractivity contribution in [2.45, 2.75) is 38.6 Å². The first-order valence-electron chi connectivity index (χ1n) is 9.49. The molecule has 2 amide bonds. The van der Waals surface area contributed by atoms with Crippen LogP contribution in [0.3, 0.4) is 0 Å². The zero-order valence-electron chi connectivity index (χ0n) is 17.0. The predicted molar refractivity (Wildman–Crippen MR) is 114 cm³/mol. The van der Waals surface area contributed by atoms with Gasteiger partial charge in [-0.2, -0.15) is 0 Å². The van der Waals surface area contributed by atoms with Crippen LogP contribution in [0, 0.1) is 5.92 Å². The Morgan fingerprint density at radius 3 is 2.75 bits per heavy atom. The van der Waals surface area contributed by atoms with Crippen LogP contribution in [0.4, 0.5) is 0 Å². The molecule has 8 heteroatoms. The van der Waals surface area contributed by atoms with Crippen molar-refractivity contribution in [3.8, 4) is 0 Å². The quantitative estimate of drug-likeness (QED) is 0.742. The lowest BCUT2D eigenvalue weighted by Gasteiger charge is -2.38. The van der Waals surface area contributed by atoms with Gasteiger partial charge in [0.15, 0.2) is 0 Å². The Morgan fingerprint density at radius 1 is 1.32 bits per heavy atom. The molecule has 0 saturated carbocycles. The van der Waals surface area contributed by atoms with Crippen molar-refractivity contribution in [1.82, 2.24) is 20.9 Å². The third-order valence-corrected chi connectivity index (χ3v) is 6.22. The fourth-order valence-corrected chi connectivity index (χ4v) is 4.71. The molecule has 1 saturated heterocycles. The van der Waals surface area contributed by atoms with Crippen LogP contribution < -0.4 is 11.9 Å². The van der Waals surface area contributed by atoms with E-state index in [1.165, 1.54) is 0 Å². The highest BCUT2D eigenvalue weighted by Gasteiger charge is 2.33. The van der Waals surface area contributed by atoms with Gasteiger partial charge in [-0.3, -0.25) is 9.59 Å². The number of thiazole rings is 1. The van der Waals surface area contributed by atoms with E-state index in [0.717, 1.165) is 53.0 Å². The Labute approximate surface area is 170 Å². The van der Waals surface area contributed by atoms with E-state index in [-0.39, 0.29) is 12.2 Å². The molecule has 2 atom stereocenters. The molecule has 154 valence electrons. The summed E-state index contributed by atoms with van der Waals surface area (Å²) in [6.07, 6.45) is 3.92. The first-order valence-corrected chi connectivity index (χ1v) is 10.3. The number of nitrogens with zero attached hydrogens (tertiary/aromatic N) is 3. The number of aromatic nitrogens is 1. The normalized spacial score (nSPS) is 19.6. The molecule has 7 nitrogen and oxygen atoms in total. The Bertz CT molecular complexity index is 835. The second kappa shape index (κ2) is 9.45. The molecule has 1 aliphatic rings. The summed E-state index contributed by atoms with van der Waals surface area (Å²) in [5.41, 5.74) is 7.28. The SMILES string of the molecule is C[C@H]1CC[C@H](c2ccc3sc(CCCN(C)C)nc3c2)N(C(=O)C(N)=O)C1.N. The van der Waals surface area contributed by atoms with Crippen LogP contribution in [-0.4, -0.2) is 53.8 Å². The number of amides is 2. The summed E-state index contributed by atoms with van der Waals surface area (Å²) >= 11 is 1.73. The number of nitrogens with two attached hydrogens (primary N) is 1. The van der Waals surface area contributed by atoms with Crippen molar-refractivity contribution in [1.29, 1.82) is 0 Å². The van der Waals surface area contributed by atoms with Crippen LogP contribution in [0.2, 0.25) is 0 Å². The van der Waals surface area contributed by atoms with Gasteiger partial charge in [-0.1, -0.05) is 13.0 Å². The van der Waals surface area contributed by atoms with E-state index in [0.29, 0.717) is 12.5 Å². The Kier molecular flexibility index (Phi) is 7.51. The van der Waals surface area contributed by atoms with E-state index in [2.05, 4.69) is 44.1 Å². The number of piperidine rings is 1. The third-order valence-electron chi connectivity index (χ3n) is 5.13. The first kappa shape index (κ1) is 22.3. The zero-order chi connectivity index (χ0) is 19.6. The minimum Gasteiger partial charge on any atom is -0.361 e. The van der Waals surface area contributed by atoms with Crippen molar-refractivity contribution >= 4 is 33.4 Å². The van der Waals surface area contributed by atoms with E-state index in [4.69, 9.17) is 10.7 Å². The molecule has 1 aromatic carbocycles. The molecule has 5 N–H and O–H groups in total. The lowest BCUT2D eigenvalue weighted by Crippen LogP contribution is -2.46. The molecule has 1 aromatic heterocycles. The van der Waals surface area contributed by atoms with E-state index >= 15 is 0 Å². The molecule has 28 heavy (non-hydrogen) atoms. The van der Waals surface area contributed by atoms with Gasteiger partial charge in [0, 0.05) is 13.0 Å². The number of benzene rings is 1. The Hall–Kier alpha value is -2.03. The summed E-state index contributed by atoms with van der Waals surface area (Å²) in [6, 6.07) is 6.11. The fraction of sp³-hybridized carbons (Fsp3) is 0.550. The summed E-state index contributed by atoms with van der Waals surface area (Å²) in [4.78, 5) is 32.4. The molecule has 0 radical (unpaired) electrons. The lowest BCUT2D eigenvalue weighted by atomic mass is 9.89. The van der Waals surface area contributed by atoms with Gasteiger partial charge in [0.05, 0.1) is 21.3 Å². The van der Waals surface area contributed by atoms with Gasteiger partial charge >= 0.3 is 11.8 Å². The summed E-state index contributed by atoms with van der Waals surface area (Å²) in [5.74, 6) is -1.10. The van der Waals surface area contributed by atoms with Crippen LogP contribution in [0.15, 0.2) is 18.2 Å². The molecule has 0 bridgehead atoms. The number of primary amides is 1. The number of hydrogen-bond donors (Lipinski definition) is 2. The minimum atomic E-state index is -0.882. The first-order chi connectivity index (χ1) is 12.8. The second-order valence-electron chi connectivity index (χ2n) is 7.76. The van der Waals surface area contributed by atoms with Crippen molar-refractivity contribution in [3.05, 3.63) is 28.8 Å². The molecule has 1 aliphatic heterocycles. The number of carbonyl (C=O) groups excluding carboxylic acids is 2. The molecular formula is C20H31N5O2S. The van der Waals surface area contributed by atoms with Gasteiger partial charge in [0.25, 0.3) is 0 Å². The zero-order valence-corrected chi connectivity index (χ0v) is 17.8. The molecular weight excluding hydrogens is 374 g/mol. The highest BCUT2D eigenvalue weighted by molar-refractivity contribution is 7.18. The topological polar surface area (TPSA) is 115 Å². The van der Waals surface area contributed by atoms with Crippen LogP contribution in [0.25, 0.3) is 10.2 Å². The molecule has 0 spiro atoms. The highest BCUT2D eigenvalue weighted by Crippen LogP contribution is 2.35. The van der Waals surface area contributed by atoms with Crippen molar-refractivity contribution in [3.63, 3.8) is 0 Å². The highest BCUT2D eigenvalue weighted by atomic mass is 32.1. The van der Waals surface area contributed by atoms with Gasteiger partial charge in [0.1, 0.15) is 0 Å². The van der Waals surface area contributed by atoms with Gasteiger partial charge < -0.3 is 21.7 Å². The average Bonchev–Trinajstić information content (AvgIpc) is 3.02. The summed E-state index contributed by atoms with van der Waals surface area (Å²) < 4.78 is 1.16. The maximum Gasteiger partial charge on any atom is 0.312 e. The van der Waals surface area contributed by atoms with Gasteiger partial charge in [-0.05, 0) is 63.5 Å².